The molecule has 278 valence electrons. The first kappa shape index (κ1) is 34.3. The van der Waals surface area contributed by atoms with Crippen LogP contribution < -0.4 is 5.32 Å². The predicted molar refractivity (Wildman–Crippen MR) is 237 cm³/mol. The zero-order valence-electron chi connectivity index (χ0n) is 32.9. The molecule has 5 aliphatic rings. The maximum atomic E-state index is 5.19. The van der Waals surface area contributed by atoms with E-state index < -0.39 is 0 Å². The third-order valence-corrected chi connectivity index (χ3v) is 14.0. The molecule has 2 nitrogen and oxygen atoms in total. The van der Waals surface area contributed by atoms with Gasteiger partial charge in [0, 0.05) is 22.4 Å². The average molecular weight is 737 g/mol. The highest BCUT2D eigenvalue weighted by Crippen LogP contribution is 2.64. The van der Waals surface area contributed by atoms with E-state index in [9.17, 15) is 0 Å². The molecule has 1 spiro atoms. The van der Waals surface area contributed by atoms with Crippen LogP contribution in [0.2, 0.25) is 0 Å². The number of hydrogen-bond donors (Lipinski definition) is 1. The van der Waals surface area contributed by atoms with Crippen LogP contribution in [0.15, 0.2) is 180 Å². The fourth-order valence-corrected chi connectivity index (χ4v) is 11.2. The van der Waals surface area contributed by atoms with E-state index in [2.05, 4.69) is 189 Å². The third kappa shape index (κ3) is 5.48. The van der Waals surface area contributed by atoms with Gasteiger partial charge in [0.15, 0.2) is 0 Å². The molecule has 57 heavy (non-hydrogen) atoms. The Morgan fingerprint density at radius 1 is 0.561 bits per heavy atom. The van der Waals surface area contributed by atoms with Gasteiger partial charge >= 0.3 is 0 Å². The Kier molecular flexibility index (Phi) is 8.00. The zero-order valence-corrected chi connectivity index (χ0v) is 32.9. The van der Waals surface area contributed by atoms with Crippen molar-refractivity contribution in [2.24, 2.45) is 10.9 Å². The van der Waals surface area contributed by atoms with Gasteiger partial charge in [-0.3, -0.25) is 4.99 Å². The summed E-state index contributed by atoms with van der Waals surface area (Å²) >= 11 is 0. The number of allylic oxidation sites excluding steroid dienone is 5. The van der Waals surface area contributed by atoms with Crippen molar-refractivity contribution in [3.8, 4) is 22.3 Å². The topological polar surface area (TPSA) is 24.4 Å². The molecule has 0 radical (unpaired) electrons. The van der Waals surface area contributed by atoms with Crippen molar-refractivity contribution < 1.29 is 0 Å². The van der Waals surface area contributed by atoms with Crippen LogP contribution in [-0.4, -0.2) is 5.71 Å². The van der Waals surface area contributed by atoms with Gasteiger partial charge in [-0.1, -0.05) is 197 Å². The Morgan fingerprint density at radius 2 is 1.19 bits per heavy atom. The van der Waals surface area contributed by atoms with E-state index in [1.165, 1.54) is 76.6 Å². The summed E-state index contributed by atoms with van der Waals surface area (Å²) in [5.41, 5.74) is 19.9. The normalized spacial score (nSPS) is 22.2. The molecule has 1 N–H and O–H groups in total. The van der Waals surface area contributed by atoms with Crippen LogP contribution in [0.4, 0.5) is 0 Å². The Hall–Kier alpha value is -5.99. The zero-order chi connectivity index (χ0) is 38.1. The Labute approximate surface area is 337 Å². The van der Waals surface area contributed by atoms with Crippen LogP contribution in [0, 0.1) is 5.92 Å². The molecule has 3 unspecified atom stereocenters. The molecule has 6 aromatic rings. The Bertz CT molecular complexity index is 2630. The van der Waals surface area contributed by atoms with E-state index in [4.69, 9.17) is 4.99 Å². The lowest BCUT2D eigenvalue weighted by Crippen LogP contribution is -2.35. The molecule has 0 aromatic heterocycles. The lowest BCUT2D eigenvalue weighted by atomic mass is 9.62. The smallest absolute Gasteiger partial charge is 0.145 e. The summed E-state index contributed by atoms with van der Waals surface area (Å²) in [4.78, 5) is 5.19. The third-order valence-electron chi connectivity index (χ3n) is 14.0. The van der Waals surface area contributed by atoms with Gasteiger partial charge in [0.25, 0.3) is 0 Å². The van der Waals surface area contributed by atoms with Gasteiger partial charge in [-0.05, 0) is 97.2 Å². The molecule has 1 aliphatic heterocycles. The fourth-order valence-electron chi connectivity index (χ4n) is 11.2. The summed E-state index contributed by atoms with van der Waals surface area (Å²) in [6, 6.07) is 55.7. The van der Waals surface area contributed by atoms with E-state index in [-0.39, 0.29) is 17.0 Å². The van der Waals surface area contributed by atoms with Gasteiger partial charge in [0.2, 0.25) is 0 Å². The number of nitrogens with one attached hydrogen (secondary N) is 1. The highest BCUT2D eigenvalue weighted by molar-refractivity contribution is 6.13. The molecular weight excluding hydrogens is 689 g/mol. The number of rotatable bonds is 5. The first-order valence-corrected chi connectivity index (χ1v) is 21.0. The molecule has 4 aliphatic carbocycles. The summed E-state index contributed by atoms with van der Waals surface area (Å²) in [5.74, 6) is 0.990. The van der Waals surface area contributed by atoms with Crippen LogP contribution in [0.25, 0.3) is 33.5 Å². The molecule has 11 rings (SSSR count). The maximum absolute atomic E-state index is 5.19. The van der Waals surface area contributed by atoms with Crippen LogP contribution in [0.5, 0.6) is 0 Å². The van der Waals surface area contributed by atoms with Crippen LogP contribution in [-0.2, 0) is 10.8 Å². The largest absolute Gasteiger partial charge is 0.360 e. The van der Waals surface area contributed by atoms with Gasteiger partial charge in [0.05, 0.1) is 5.71 Å². The minimum atomic E-state index is -0.154. The van der Waals surface area contributed by atoms with Gasteiger partial charge in [0.1, 0.15) is 6.17 Å². The van der Waals surface area contributed by atoms with E-state index in [0.717, 1.165) is 28.1 Å². The maximum Gasteiger partial charge on any atom is 0.145 e. The summed E-state index contributed by atoms with van der Waals surface area (Å²) < 4.78 is 0. The molecule has 6 aromatic carbocycles. The highest BCUT2D eigenvalue weighted by Gasteiger charge is 2.54. The van der Waals surface area contributed by atoms with Gasteiger partial charge in [-0.2, -0.15) is 0 Å². The second-order valence-corrected chi connectivity index (χ2v) is 17.4. The quantitative estimate of drug-likeness (QED) is 0.187. The van der Waals surface area contributed by atoms with Crippen molar-refractivity contribution in [1.82, 2.24) is 5.32 Å². The van der Waals surface area contributed by atoms with Crippen LogP contribution in [0.3, 0.4) is 0 Å². The number of aliphatic imine (C=N–C) groups is 1. The standard InChI is InChI=1S/C55H48N2/c1-54(2)47-22-14-20-42(52(47)45-34-49-44(33-48(45)54)43-19-10-11-21-46(43)55(49)31-12-5-13-32-55)38-27-23-36(24-28-38)37-25-29-40(30-26-37)51-35-50(39-15-6-3-7-16-39)56-53(57-51)41-17-8-4-9-18-41/h3-4,6-11,14-30,33-35,44,49,53,56H,5,12-13,31-32H2,1-2H3. The molecule has 1 fully saturated rings. The first-order valence-electron chi connectivity index (χ1n) is 21.0. The number of hydrogen-bond acceptors (Lipinski definition) is 2. The van der Waals surface area contributed by atoms with Gasteiger partial charge in [-0.15, -0.1) is 0 Å². The van der Waals surface area contributed by atoms with Crippen molar-refractivity contribution >= 4 is 17.0 Å². The minimum absolute atomic E-state index is 0.0437. The second-order valence-electron chi connectivity index (χ2n) is 17.4. The summed E-state index contributed by atoms with van der Waals surface area (Å²) in [6.07, 6.45) is 14.2. The SMILES string of the molecule is CC1(C)C2=CC3c4ccccc4C4(CCCCC4)C3C=C2c2c(-c3ccc(-c4ccc(C5=NC(c6ccccc6)NC(c6ccccc6)=C5)cc4)cc3)cccc21. The number of benzene rings is 6. The molecule has 1 saturated carbocycles. The van der Waals surface area contributed by atoms with Gasteiger partial charge < -0.3 is 5.32 Å². The molecule has 2 heteroatoms. The van der Waals surface area contributed by atoms with E-state index in [1.54, 1.807) is 11.1 Å². The Balaban J connectivity index is 0.919. The van der Waals surface area contributed by atoms with E-state index >= 15 is 0 Å². The van der Waals surface area contributed by atoms with Crippen molar-refractivity contribution in [3.05, 3.63) is 214 Å². The monoisotopic (exact) mass is 736 g/mol. The number of fused-ring (bicyclic) bond motifs is 8. The van der Waals surface area contributed by atoms with E-state index in [0.29, 0.717) is 11.8 Å². The van der Waals surface area contributed by atoms with Crippen molar-refractivity contribution in [1.29, 1.82) is 0 Å². The van der Waals surface area contributed by atoms with E-state index in [1.807, 2.05) is 0 Å². The highest BCUT2D eigenvalue weighted by atomic mass is 15.1. The second kappa shape index (κ2) is 13.3. The summed E-state index contributed by atoms with van der Waals surface area (Å²) in [7, 11) is 0. The average Bonchev–Trinajstić information content (AvgIpc) is 3.67. The summed E-state index contributed by atoms with van der Waals surface area (Å²) in [6.45, 7) is 4.89. The van der Waals surface area contributed by atoms with Crippen LogP contribution >= 0.6 is 0 Å². The molecular formula is C55H48N2. The molecule has 1 heterocycles. The number of nitrogens with zero attached hydrogens (tertiary/aromatic N) is 1. The Morgan fingerprint density at radius 3 is 1.93 bits per heavy atom. The van der Waals surface area contributed by atoms with Crippen LogP contribution in [0.1, 0.15) is 97.0 Å². The predicted octanol–water partition coefficient (Wildman–Crippen LogP) is 13.4. The fraction of sp³-hybridized carbons (Fsp3) is 0.218. The van der Waals surface area contributed by atoms with Crippen molar-refractivity contribution in [2.75, 3.05) is 0 Å². The van der Waals surface area contributed by atoms with Crippen molar-refractivity contribution in [3.63, 3.8) is 0 Å². The van der Waals surface area contributed by atoms with Gasteiger partial charge in [-0.25, -0.2) is 0 Å². The lowest BCUT2D eigenvalue weighted by molar-refractivity contribution is 0.233. The lowest BCUT2D eigenvalue weighted by Gasteiger charge is -2.42. The first-order chi connectivity index (χ1) is 28.0. The molecule has 3 atom stereocenters. The molecule has 0 amide bonds. The van der Waals surface area contributed by atoms with Crippen molar-refractivity contribution in [2.45, 2.75) is 68.9 Å². The summed E-state index contributed by atoms with van der Waals surface area (Å²) in [5, 5.41) is 3.67. The minimum Gasteiger partial charge on any atom is -0.360 e. The molecule has 0 saturated heterocycles. The molecule has 0 bridgehead atoms.